The summed E-state index contributed by atoms with van der Waals surface area (Å²) >= 11 is 12.4. The van der Waals surface area contributed by atoms with Crippen LogP contribution < -0.4 is 10.6 Å². The van der Waals surface area contributed by atoms with Crippen molar-refractivity contribution in [3.05, 3.63) is 69.6 Å². The van der Waals surface area contributed by atoms with E-state index in [1.165, 1.54) is 12.1 Å². The average molecular weight is 643 g/mol. The van der Waals surface area contributed by atoms with Gasteiger partial charge in [0.2, 0.25) is 17.7 Å². The Labute approximate surface area is 264 Å². The van der Waals surface area contributed by atoms with E-state index in [9.17, 15) is 23.6 Å². The van der Waals surface area contributed by atoms with Crippen molar-refractivity contribution in [1.82, 2.24) is 25.4 Å². The van der Waals surface area contributed by atoms with Crippen LogP contribution in [0.15, 0.2) is 42.5 Å². The third kappa shape index (κ3) is 5.54. The fourth-order valence-corrected chi connectivity index (χ4v) is 7.13. The van der Waals surface area contributed by atoms with E-state index in [1.807, 2.05) is 20.8 Å². The fourth-order valence-electron chi connectivity index (χ4n) is 6.54. The molecule has 3 heterocycles. The molecule has 9 nitrogen and oxygen atoms in total. The number of hydrogen-bond acceptors (Lipinski definition) is 4. The number of H-pyrrole nitrogens is 1. The summed E-state index contributed by atoms with van der Waals surface area (Å²) in [5.41, 5.74) is 0.222. The van der Waals surface area contributed by atoms with Crippen molar-refractivity contribution in [2.75, 3.05) is 19.6 Å². The maximum absolute atomic E-state index is 13.8. The van der Waals surface area contributed by atoms with E-state index in [1.54, 1.807) is 40.1 Å². The molecule has 3 aromatic rings. The van der Waals surface area contributed by atoms with E-state index in [-0.39, 0.29) is 42.0 Å². The Balaban J connectivity index is 1.07. The Morgan fingerprint density at radius 1 is 1.02 bits per heavy atom. The second-order valence-electron chi connectivity index (χ2n) is 13.2. The molecule has 6 rings (SSSR count). The van der Waals surface area contributed by atoms with Gasteiger partial charge in [0.05, 0.1) is 24.0 Å². The molecule has 2 saturated heterocycles. The minimum Gasteiger partial charge on any atom is -0.351 e. The van der Waals surface area contributed by atoms with Gasteiger partial charge in [-0.25, -0.2) is 4.39 Å². The number of rotatable bonds is 7. The van der Waals surface area contributed by atoms with Gasteiger partial charge in [-0.1, -0.05) is 50.0 Å². The van der Waals surface area contributed by atoms with Crippen LogP contribution in [0.2, 0.25) is 10.0 Å². The first-order valence-electron chi connectivity index (χ1n) is 14.7. The second-order valence-corrected chi connectivity index (χ2v) is 14.0. The molecule has 1 aromatic heterocycles. The molecule has 0 radical (unpaired) electrons. The van der Waals surface area contributed by atoms with Gasteiger partial charge in [0.1, 0.15) is 17.6 Å². The zero-order chi connectivity index (χ0) is 31.6. The van der Waals surface area contributed by atoms with Gasteiger partial charge < -0.3 is 25.4 Å². The van der Waals surface area contributed by atoms with Crippen molar-refractivity contribution < 1.29 is 23.6 Å². The molecule has 3 aliphatic rings. The predicted molar refractivity (Wildman–Crippen MR) is 165 cm³/mol. The number of aromatic amines is 1. The normalized spacial score (nSPS) is 21.0. The maximum atomic E-state index is 13.8. The van der Waals surface area contributed by atoms with Gasteiger partial charge >= 0.3 is 0 Å². The number of benzene rings is 2. The number of likely N-dealkylation sites (tertiary alicyclic amines) is 2. The summed E-state index contributed by atoms with van der Waals surface area (Å²) in [6, 6.07) is 9.68. The molecule has 2 bridgehead atoms. The number of nitrogens with zero attached hydrogens (tertiary/aromatic N) is 2. The number of carbonyl (C=O) groups is 4. The molecule has 2 aliphatic heterocycles. The van der Waals surface area contributed by atoms with E-state index >= 15 is 0 Å². The van der Waals surface area contributed by atoms with Crippen LogP contribution in [-0.2, 0) is 19.8 Å². The third-order valence-corrected chi connectivity index (χ3v) is 9.64. The summed E-state index contributed by atoms with van der Waals surface area (Å²) in [6.45, 7) is 6.21. The summed E-state index contributed by atoms with van der Waals surface area (Å²) in [5, 5.41) is 7.19. The van der Waals surface area contributed by atoms with Crippen molar-refractivity contribution in [3.63, 3.8) is 0 Å². The van der Waals surface area contributed by atoms with Gasteiger partial charge in [0.25, 0.3) is 5.91 Å². The first-order chi connectivity index (χ1) is 20.8. The Hall–Kier alpha value is -3.63. The summed E-state index contributed by atoms with van der Waals surface area (Å²) < 4.78 is 13.6. The zero-order valence-corrected chi connectivity index (χ0v) is 26.2. The molecule has 2 aromatic carbocycles. The zero-order valence-electron chi connectivity index (χ0n) is 24.7. The fraction of sp³-hybridized carbons (Fsp3) is 0.438. The van der Waals surface area contributed by atoms with Crippen molar-refractivity contribution >= 4 is 57.7 Å². The Morgan fingerprint density at radius 3 is 2.36 bits per heavy atom. The average Bonchev–Trinajstić information content (AvgIpc) is 3.28. The lowest BCUT2D eigenvalue weighted by atomic mass is 9.85. The van der Waals surface area contributed by atoms with Crippen LogP contribution in [0.4, 0.5) is 4.39 Å². The van der Waals surface area contributed by atoms with Crippen LogP contribution in [0.3, 0.4) is 0 Å². The van der Waals surface area contributed by atoms with Crippen LogP contribution in [0, 0.1) is 11.2 Å². The molecule has 232 valence electrons. The maximum Gasteiger partial charge on any atom is 0.268 e. The minimum absolute atomic E-state index is 0.141. The molecule has 44 heavy (non-hydrogen) atoms. The van der Waals surface area contributed by atoms with Gasteiger partial charge in [-0.2, -0.15) is 0 Å². The summed E-state index contributed by atoms with van der Waals surface area (Å²) in [6.07, 6.45) is 1.92. The standard InChI is InChI=1S/C32H34Cl2FN5O4/c1-31(2,3)27(38-28(42)25-11-17-10-19(35)5-7-24(17)37-25)29(43)40-16-20-13-21(40)15-39(20)26(41)14-36-30(44)32(8-9-32)22-6-4-18(33)12-23(22)34/h4-7,10-12,20-21,27,37H,8-9,13-16H2,1-3H3,(H,36,44)(H,38,42)/t20-,21-,27+/m0/s1. The lowest BCUT2D eigenvalue weighted by Crippen LogP contribution is -2.59. The monoisotopic (exact) mass is 641 g/mol. The number of nitrogens with one attached hydrogen (secondary N) is 3. The minimum atomic E-state index is -0.824. The lowest BCUT2D eigenvalue weighted by Gasteiger charge is -2.39. The van der Waals surface area contributed by atoms with Crippen LogP contribution in [0.5, 0.6) is 0 Å². The topological polar surface area (TPSA) is 115 Å². The van der Waals surface area contributed by atoms with Gasteiger partial charge in [0, 0.05) is 34.0 Å². The summed E-state index contributed by atoms with van der Waals surface area (Å²) in [7, 11) is 0. The smallest absolute Gasteiger partial charge is 0.268 e. The van der Waals surface area contributed by atoms with E-state index in [2.05, 4.69) is 15.6 Å². The van der Waals surface area contributed by atoms with E-state index in [0.29, 0.717) is 58.9 Å². The molecule has 4 amide bonds. The van der Waals surface area contributed by atoms with Gasteiger partial charge in [0.15, 0.2) is 0 Å². The Morgan fingerprint density at radius 2 is 1.73 bits per heavy atom. The highest BCUT2D eigenvalue weighted by atomic mass is 35.5. The first kappa shape index (κ1) is 30.4. The quantitative estimate of drug-likeness (QED) is 0.354. The highest BCUT2D eigenvalue weighted by Gasteiger charge is 2.53. The number of fused-ring (bicyclic) bond motifs is 3. The van der Waals surface area contributed by atoms with Crippen molar-refractivity contribution in [2.24, 2.45) is 5.41 Å². The number of carbonyl (C=O) groups excluding carboxylic acids is 4. The Bertz CT molecular complexity index is 1680. The SMILES string of the molecule is CC(C)(C)[C@H](NC(=O)c1cc2cc(F)ccc2[nH]1)C(=O)N1C[C@@H]2C[C@H]1CN2C(=O)CNC(=O)C1(c2ccc(Cl)cc2Cl)CC1. The molecular formula is C32H34Cl2FN5O4. The van der Waals surface area contributed by atoms with Crippen LogP contribution in [0.25, 0.3) is 10.9 Å². The molecule has 3 N–H and O–H groups in total. The van der Waals surface area contributed by atoms with Gasteiger partial charge in [-0.3, -0.25) is 19.2 Å². The molecule has 3 atom stereocenters. The molecule has 0 spiro atoms. The van der Waals surface area contributed by atoms with Crippen molar-refractivity contribution in [2.45, 2.75) is 63.6 Å². The number of piperazine rings is 1. The largest absolute Gasteiger partial charge is 0.351 e. The van der Waals surface area contributed by atoms with Crippen LogP contribution in [-0.4, -0.2) is 76.2 Å². The first-order valence-corrected chi connectivity index (χ1v) is 15.5. The summed E-state index contributed by atoms with van der Waals surface area (Å²) in [4.78, 5) is 59.8. The second kappa shape index (κ2) is 11.1. The highest BCUT2D eigenvalue weighted by molar-refractivity contribution is 6.35. The third-order valence-electron chi connectivity index (χ3n) is 9.09. The number of aromatic nitrogens is 1. The highest BCUT2D eigenvalue weighted by Crippen LogP contribution is 2.51. The number of hydrogen-bond donors (Lipinski definition) is 3. The molecule has 1 aliphatic carbocycles. The molecule has 0 unspecified atom stereocenters. The van der Waals surface area contributed by atoms with E-state index in [0.717, 1.165) is 0 Å². The van der Waals surface area contributed by atoms with E-state index in [4.69, 9.17) is 23.2 Å². The molecule has 12 heteroatoms. The van der Waals surface area contributed by atoms with Crippen molar-refractivity contribution in [1.29, 1.82) is 0 Å². The van der Waals surface area contributed by atoms with E-state index < -0.39 is 28.6 Å². The van der Waals surface area contributed by atoms with Crippen molar-refractivity contribution in [3.8, 4) is 0 Å². The number of amides is 4. The Kier molecular flexibility index (Phi) is 7.65. The number of halogens is 3. The van der Waals surface area contributed by atoms with Gasteiger partial charge in [-0.15, -0.1) is 0 Å². The summed E-state index contributed by atoms with van der Waals surface area (Å²) in [5.74, 6) is -1.51. The van der Waals surface area contributed by atoms with Gasteiger partial charge in [-0.05, 0) is 66.6 Å². The lowest BCUT2D eigenvalue weighted by molar-refractivity contribution is -0.142. The van der Waals surface area contributed by atoms with Crippen LogP contribution in [0.1, 0.15) is 56.1 Å². The van der Waals surface area contributed by atoms with Crippen LogP contribution >= 0.6 is 23.2 Å². The predicted octanol–water partition coefficient (Wildman–Crippen LogP) is 4.42. The molecule has 3 fully saturated rings. The molecule has 1 saturated carbocycles. The molecular weight excluding hydrogens is 608 g/mol.